The van der Waals surface area contributed by atoms with Gasteiger partial charge in [0.25, 0.3) is 0 Å². The largest absolute Gasteiger partial charge is 0.360 e. The average molecular weight is 294 g/mol. The van der Waals surface area contributed by atoms with E-state index in [9.17, 15) is 8.78 Å². The Hall–Kier alpha value is -1.46. The van der Waals surface area contributed by atoms with Gasteiger partial charge in [0.1, 0.15) is 17.3 Å². The molecular formula is C15H16F2N2S. The summed E-state index contributed by atoms with van der Waals surface area (Å²) < 4.78 is 28.4. The van der Waals surface area contributed by atoms with E-state index < -0.39 is 11.6 Å². The minimum absolute atomic E-state index is 0.0160. The van der Waals surface area contributed by atoms with E-state index in [0.717, 1.165) is 6.42 Å². The fourth-order valence-electron chi connectivity index (χ4n) is 2.83. The van der Waals surface area contributed by atoms with Crippen molar-refractivity contribution in [2.45, 2.75) is 25.9 Å². The number of fused-ring (bicyclic) bond motifs is 1. The first-order chi connectivity index (χ1) is 9.61. The number of hydrogen-bond donors (Lipinski definition) is 1. The molecule has 1 atom stereocenters. The molecule has 1 aliphatic heterocycles. The van der Waals surface area contributed by atoms with Gasteiger partial charge in [0, 0.05) is 18.0 Å². The van der Waals surface area contributed by atoms with Gasteiger partial charge in [-0.25, -0.2) is 8.78 Å². The third kappa shape index (κ3) is 2.11. The van der Waals surface area contributed by atoms with Crippen molar-refractivity contribution in [3.63, 3.8) is 0 Å². The summed E-state index contributed by atoms with van der Waals surface area (Å²) in [5.74, 6) is -1.06. The molecular weight excluding hydrogens is 278 g/mol. The second-order valence-corrected chi connectivity index (χ2v) is 6.03. The minimum Gasteiger partial charge on any atom is -0.360 e. The Kier molecular flexibility index (Phi) is 3.48. The van der Waals surface area contributed by atoms with Crippen molar-refractivity contribution in [3.05, 3.63) is 51.2 Å². The molecule has 0 bridgehead atoms. The lowest BCUT2D eigenvalue weighted by Crippen LogP contribution is -2.34. The fourth-order valence-corrected chi connectivity index (χ4v) is 3.79. The third-order valence-electron chi connectivity index (χ3n) is 3.88. The van der Waals surface area contributed by atoms with E-state index in [-0.39, 0.29) is 18.3 Å². The summed E-state index contributed by atoms with van der Waals surface area (Å²) in [6.07, 6.45) is 0.828. The number of halogens is 2. The maximum absolute atomic E-state index is 14.2. The zero-order chi connectivity index (χ0) is 14.3. The van der Waals surface area contributed by atoms with Crippen LogP contribution in [0.3, 0.4) is 0 Å². The molecule has 106 valence electrons. The van der Waals surface area contributed by atoms with Gasteiger partial charge in [-0.2, -0.15) is 0 Å². The highest BCUT2D eigenvalue weighted by molar-refractivity contribution is 7.10. The van der Waals surface area contributed by atoms with E-state index in [1.54, 1.807) is 16.2 Å². The molecule has 0 amide bonds. The van der Waals surface area contributed by atoms with Crippen molar-refractivity contribution in [1.29, 1.82) is 0 Å². The van der Waals surface area contributed by atoms with E-state index in [1.165, 1.54) is 22.6 Å². The molecule has 0 radical (unpaired) electrons. The van der Waals surface area contributed by atoms with Crippen LogP contribution in [-0.4, -0.2) is 6.54 Å². The van der Waals surface area contributed by atoms with Gasteiger partial charge in [-0.3, -0.25) is 0 Å². The molecule has 2 aromatic rings. The maximum Gasteiger partial charge on any atom is 0.149 e. The number of anilines is 1. The van der Waals surface area contributed by atoms with Crippen molar-refractivity contribution in [2.24, 2.45) is 5.73 Å². The van der Waals surface area contributed by atoms with Crippen LogP contribution in [0.5, 0.6) is 0 Å². The Morgan fingerprint density at radius 1 is 1.35 bits per heavy atom. The number of hydrogen-bond acceptors (Lipinski definition) is 3. The summed E-state index contributed by atoms with van der Waals surface area (Å²) in [6, 6.07) is 4.68. The summed E-state index contributed by atoms with van der Waals surface area (Å²) >= 11 is 1.71. The predicted octanol–water partition coefficient (Wildman–Crippen LogP) is 3.61. The van der Waals surface area contributed by atoms with Crippen LogP contribution >= 0.6 is 11.3 Å². The van der Waals surface area contributed by atoms with Crippen LogP contribution in [0.4, 0.5) is 14.5 Å². The van der Waals surface area contributed by atoms with E-state index in [0.29, 0.717) is 12.1 Å². The Morgan fingerprint density at radius 3 is 2.70 bits per heavy atom. The number of rotatable bonds is 2. The van der Waals surface area contributed by atoms with Crippen LogP contribution in [0.2, 0.25) is 0 Å². The van der Waals surface area contributed by atoms with Crippen LogP contribution in [-0.2, 0) is 13.0 Å². The maximum atomic E-state index is 14.2. The van der Waals surface area contributed by atoms with Crippen LogP contribution in [0.1, 0.15) is 29.0 Å². The van der Waals surface area contributed by atoms with Crippen molar-refractivity contribution in [1.82, 2.24) is 0 Å². The summed E-state index contributed by atoms with van der Waals surface area (Å²) in [5.41, 5.74) is 7.15. The summed E-state index contributed by atoms with van der Waals surface area (Å²) in [7, 11) is 0. The van der Waals surface area contributed by atoms with Gasteiger partial charge in [-0.05, 0) is 48.1 Å². The van der Waals surface area contributed by atoms with Crippen molar-refractivity contribution < 1.29 is 8.78 Å². The van der Waals surface area contributed by atoms with Crippen LogP contribution in [0.25, 0.3) is 0 Å². The number of nitrogens with zero attached hydrogens (tertiary/aromatic N) is 1. The van der Waals surface area contributed by atoms with E-state index in [1.807, 2.05) is 18.4 Å². The fraction of sp³-hybridized carbons (Fsp3) is 0.333. The molecule has 20 heavy (non-hydrogen) atoms. The topological polar surface area (TPSA) is 29.3 Å². The predicted molar refractivity (Wildman–Crippen MR) is 78.0 cm³/mol. The molecule has 2 N–H and O–H groups in total. The van der Waals surface area contributed by atoms with Crippen LogP contribution in [0, 0.1) is 11.6 Å². The van der Waals surface area contributed by atoms with Crippen LogP contribution < -0.4 is 10.6 Å². The second kappa shape index (κ2) is 5.14. The highest BCUT2D eigenvalue weighted by Crippen LogP contribution is 2.38. The lowest BCUT2D eigenvalue weighted by Gasteiger charge is -2.36. The molecule has 3 rings (SSSR count). The molecule has 0 saturated heterocycles. The Labute approximate surface area is 120 Å². The molecule has 0 fully saturated rings. The van der Waals surface area contributed by atoms with Gasteiger partial charge >= 0.3 is 0 Å². The number of benzene rings is 1. The quantitative estimate of drug-likeness (QED) is 0.917. The zero-order valence-electron chi connectivity index (χ0n) is 11.2. The molecule has 2 heterocycles. The molecule has 0 aliphatic carbocycles. The van der Waals surface area contributed by atoms with Gasteiger partial charge in [0.05, 0.1) is 6.04 Å². The van der Waals surface area contributed by atoms with E-state index >= 15 is 0 Å². The standard InChI is InChI=1S/C15H16F2N2S/c1-9-11-3-5-20-14(11)2-4-19(9)15-12(16)6-10(8-18)7-13(15)17/h3,5-7,9H,2,4,8,18H2,1H3. The highest BCUT2D eigenvalue weighted by atomic mass is 32.1. The van der Waals surface area contributed by atoms with Gasteiger partial charge in [-0.1, -0.05) is 0 Å². The van der Waals surface area contributed by atoms with Crippen LogP contribution in [0.15, 0.2) is 23.6 Å². The van der Waals surface area contributed by atoms with Gasteiger partial charge < -0.3 is 10.6 Å². The zero-order valence-corrected chi connectivity index (χ0v) is 12.0. The smallest absolute Gasteiger partial charge is 0.149 e. The average Bonchev–Trinajstić information content (AvgIpc) is 2.89. The molecule has 5 heteroatoms. The monoisotopic (exact) mass is 294 g/mol. The lowest BCUT2D eigenvalue weighted by atomic mass is 10.00. The lowest BCUT2D eigenvalue weighted by molar-refractivity contribution is 0.541. The summed E-state index contributed by atoms with van der Waals surface area (Å²) in [4.78, 5) is 3.12. The van der Waals surface area contributed by atoms with Gasteiger partial charge in [0.15, 0.2) is 0 Å². The molecule has 1 unspecified atom stereocenters. The van der Waals surface area contributed by atoms with E-state index in [4.69, 9.17) is 5.73 Å². The van der Waals surface area contributed by atoms with Crippen molar-refractivity contribution in [2.75, 3.05) is 11.4 Å². The number of nitrogens with two attached hydrogens (primary N) is 1. The third-order valence-corrected chi connectivity index (χ3v) is 4.87. The first-order valence-corrected chi connectivity index (χ1v) is 7.50. The normalized spacial score (nSPS) is 18.2. The van der Waals surface area contributed by atoms with Gasteiger partial charge in [0.2, 0.25) is 0 Å². The summed E-state index contributed by atoms with van der Waals surface area (Å²) in [6.45, 7) is 2.75. The number of thiophene rings is 1. The minimum atomic E-state index is -0.532. The molecule has 2 nitrogen and oxygen atoms in total. The highest BCUT2D eigenvalue weighted by Gasteiger charge is 2.28. The molecule has 1 aromatic carbocycles. The Balaban J connectivity index is 2.02. The first-order valence-electron chi connectivity index (χ1n) is 6.62. The van der Waals surface area contributed by atoms with Crippen molar-refractivity contribution in [3.8, 4) is 0 Å². The first kappa shape index (κ1) is 13.5. The molecule has 1 aromatic heterocycles. The summed E-state index contributed by atoms with van der Waals surface area (Å²) in [5, 5.41) is 2.04. The van der Waals surface area contributed by atoms with Crippen molar-refractivity contribution >= 4 is 17.0 Å². The Morgan fingerprint density at radius 2 is 2.05 bits per heavy atom. The molecule has 1 aliphatic rings. The molecule has 0 saturated carbocycles. The van der Waals surface area contributed by atoms with E-state index in [2.05, 4.69) is 0 Å². The molecule has 0 spiro atoms. The van der Waals surface area contributed by atoms with Gasteiger partial charge in [-0.15, -0.1) is 11.3 Å². The Bertz CT molecular complexity index is 616. The SMILES string of the molecule is CC1c2ccsc2CCN1c1c(F)cc(CN)cc1F. The second-order valence-electron chi connectivity index (χ2n) is 5.03.